The minimum atomic E-state index is -3.34. The van der Waals surface area contributed by atoms with Crippen molar-refractivity contribution >= 4 is 22.6 Å². The van der Waals surface area contributed by atoms with Gasteiger partial charge < -0.3 is 5.73 Å². The lowest BCUT2D eigenvalue weighted by molar-refractivity contribution is 0.289. The molecule has 0 heterocycles. The van der Waals surface area contributed by atoms with E-state index in [2.05, 4.69) is 4.72 Å². The van der Waals surface area contributed by atoms with Crippen molar-refractivity contribution in [3.05, 3.63) is 0 Å². The zero-order chi connectivity index (χ0) is 12.9. The molecule has 0 aromatic heterocycles. The highest BCUT2D eigenvalue weighted by Gasteiger charge is 2.29. The van der Waals surface area contributed by atoms with Crippen LogP contribution in [-0.2, 0) is 10.2 Å². The number of hydrogen-bond acceptors (Lipinski definition) is 3. The van der Waals surface area contributed by atoms with Crippen molar-refractivity contribution < 1.29 is 8.42 Å². The molecule has 0 aliphatic heterocycles. The Morgan fingerprint density at radius 1 is 1.22 bits per heavy atom. The topological polar surface area (TPSA) is 75.4 Å². The molecule has 0 bridgehead atoms. The van der Waals surface area contributed by atoms with Crippen molar-refractivity contribution in [1.29, 1.82) is 0 Å². The molecule has 0 saturated heterocycles. The van der Waals surface area contributed by atoms with Crippen LogP contribution in [0.3, 0.4) is 0 Å². The van der Waals surface area contributed by atoms with E-state index in [-0.39, 0.29) is 24.4 Å². The Kier molecular flexibility index (Phi) is 8.38. The Balaban J connectivity index is 0.00000289. The van der Waals surface area contributed by atoms with Gasteiger partial charge >= 0.3 is 0 Å². The van der Waals surface area contributed by atoms with E-state index in [9.17, 15) is 8.42 Å². The average Bonchev–Trinajstić information content (AvgIpc) is 2.30. The van der Waals surface area contributed by atoms with E-state index < -0.39 is 10.2 Å². The first-order chi connectivity index (χ1) is 8.05. The summed E-state index contributed by atoms with van der Waals surface area (Å²) in [5.41, 5.74) is 5.71. The molecule has 7 heteroatoms. The number of rotatable bonds is 6. The first-order valence-corrected chi connectivity index (χ1v) is 7.96. The Morgan fingerprint density at radius 2 is 1.78 bits per heavy atom. The standard InChI is InChI=1S/C11H25N3O2S.ClH/c1-3-14(4-2)17(15,16)13-11-8-6-5-7-10(11)9-12;/h10-11,13H,3-9,12H2,1-2H3;1H. The molecule has 1 fully saturated rings. The van der Waals surface area contributed by atoms with Gasteiger partial charge in [-0.25, -0.2) is 0 Å². The molecule has 0 radical (unpaired) electrons. The van der Waals surface area contributed by atoms with Crippen LogP contribution in [0.25, 0.3) is 0 Å². The van der Waals surface area contributed by atoms with E-state index in [0.29, 0.717) is 19.6 Å². The largest absolute Gasteiger partial charge is 0.330 e. The lowest BCUT2D eigenvalue weighted by Gasteiger charge is -2.32. The number of nitrogens with one attached hydrogen (secondary N) is 1. The summed E-state index contributed by atoms with van der Waals surface area (Å²) >= 11 is 0. The first kappa shape index (κ1) is 18.1. The lowest BCUT2D eigenvalue weighted by Crippen LogP contribution is -2.50. The number of nitrogens with two attached hydrogens (primary N) is 1. The predicted molar refractivity (Wildman–Crippen MR) is 77.0 cm³/mol. The van der Waals surface area contributed by atoms with Gasteiger partial charge in [0.1, 0.15) is 0 Å². The molecule has 1 rings (SSSR count). The van der Waals surface area contributed by atoms with Crippen LogP contribution in [0.2, 0.25) is 0 Å². The molecule has 2 atom stereocenters. The van der Waals surface area contributed by atoms with Crippen LogP contribution in [0.5, 0.6) is 0 Å². The third-order valence-corrected chi connectivity index (χ3v) is 5.35. The van der Waals surface area contributed by atoms with Gasteiger partial charge in [0.05, 0.1) is 0 Å². The molecule has 1 aliphatic carbocycles. The second-order valence-electron chi connectivity index (χ2n) is 4.59. The van der Waals surface area contributed by atoms with Crippen LogP contribution in [-0.4, -0.2) is 38.4 Å². The number of hydrogen-bond donors (Lipinski definition) is 2. The second-order valence-corrected chi connectivity index (χ2v) is 6.30. The molecule has 1 saturated carbocycles. The van der Waals surface area contributed by atoms with Gasteiger partial charge in [0, 0.05) is 19.1 Å². The SMILES string of the molecule is CCN(CC)S(=O)(=O)NC1CCCCC1CN.Cl. The molecule has 18 heavy (non-hydrogen) atoms. The van der Waals surface area contributed by atoms with Crippen LogP contribution in [0, 0.1) is 5.92 Å². The zero-order valence-corrected chi connectivity index (χ0v) is 12.9. The molecule has 0 amide bonds. The van der Waals surface area contributed by atoms with Gasteiger partial charge in [0.2, 0.25) is 0 Å². The predicted octanol–water partition coefficient (Wildman–Crippen LogP) is 1.10. The normalized spacial score (nSPS) is 24.9. The van der Waals surface area contributed by atoms with E-state index in [4.69, 9.17) is 5.73 Å². The first-order valence-electron chi connectivity index (χ1n) is 6.52. The molecule has 1 aliphatic rings. The van der Waals surface area contributed by atoms with Gasteiger partial charge in [-0.1, -0.05) is 26.7 Å². The number of nitrogens with zero attached hydrogens (tertiary/aromatic N) is 1. The minimum Gasteiger partial charge on any atom is -0.330 e. The number of halogens is 1. The molecule has 3 N–H and O–H groups in total. The van der Waals surface area contributed by atoms with Gasteiger partial charge in [-0.2, -0.15) is 17.4 Å². The smallest absolute Gasteiger partial charge is 0.279 e. The fourth-order valence-corrected chi connectivity index (χ4v) is 4.00. The average molecular weight is 300 g/mol. The van der Waals surface area contributed by atoms with E-state index in [1.165, 1.54) is 4.31 Å². The lowest BCUT2D eigenvalue weighted by atomic mass is 9.85. The Morgan fingerprint density at radius 3 is 2.28 bits per heavy atom. The highest BCUT2D eigenvalue weighted by Crippen LogP contribution is 2.24. The van der Waals surface area contributed by atoms with Gasteiger partial charge in [0.25, 0.3) is 10.2 Å². The maximum absolute atomic E-state index is 12.1. The van der Waals surface area contributed by atoms with Gasteiger partial charge in [-0.15, -0.1) is 12.4 Å². The van der Waals surface area contributed by atoms with Crippen molar-refractivity contribution in [2.24, 2.45) is 11.7 Å². The Labute approximate surface area is 117 Å². The van der Waals surface area contributed by atoms with Crippen LogP contribution < -0.4 is 10.5 Å². The minimum absolute atomic E-state index is 0. The van der Waals surface area contributed by atoms with Gasteiger partial charge in [0.15, 0.2) is 0 Å². The molecule has 0 spiro atoms. The van der Waals surface area contributed by atoms with E-state index in [1.54, 1.807) is 0 Å². The van der Waals surface area contributed by atoms with Crippen molar-refractivity contribution in [2.75, 3.05) is 19.6 Å². The van der Waals surface area contributed by atoms with Gasteiger partial charge in [-0.3, -0.25) is 0 Å². The summed E-state index contributed by atoms with van der Waals surface area (Å²) in [6.07, 6.45) is 4.18. The fourth-order valence-electron chi connectivity index (χ4n) is 2.47. The van der Waals surface area contributed by atoms with Crippen molar-refractivity contribution in [1.82, 2.24) is 9.03 Å². The zero-order valence-electron chi connectivity index (χ0n) is 11.3. The summed E-state index contributed by atoms with van der Waals surface area (Å²) in [7, 11) is -3.34. The molecule has 110 valence electrons. The summed E-state index contributed by atoms with van der Waals surface area (Å²) in [6.45, 7) is 5.27. The maximum Gasteiger partial charge on any atom is 0.279 e. The quantitative estimate of drug-likeness (QED) is 0.771. The van der Waals surface area contributed by atoms with Crippen molar-refractivity contribution in [3.8, 4) is 0 Å². The molecule has 0 aromatic rings. The third kappa shape index (κ3) is 4.66. The molecule has 5 nitrogen and oxygen atoms in total. The van der Waals surface area contributed by atoms with E-state index in [0.717, 1.165) is 25.7 Å². The van der Waals surface area contributed by atoms with Crippen molar-refractivity contribution in [2.45, 2.75) is 45.6 Å². The highest BCUT2D eigenvalue weighted by atomic mass is 35.5. The molecule has 2 unspecified atom stereocenters. The monoisotopic (exact) mass is 299 g/mol. The van der Waals surface area contributed by atoms with Crippen molar-refractivity contribution in [3.63, 3.8) is 0 Å². The summed E-state index contributed by atoms with van der Waals surface area (Å²) in [4.78, 5) is 0. The summed E-state index contributed by atoms with van der Waals surface area (Å²) in [5.74, 6) is 0.286. The summed E-state index contributed by atoms with van der Waals surface area (Å²) in [5, 5.41) is 0. The summed E-state index contributed by atoms with van der Waals surface area (Å²) in [6, 6.07) is 0.0133. The fraction of sp³-hybridized carbons (Fsp3) is 1.00. The van der Waals surface area contributed by atoms with E-state index >= 15 is 0 Å². The van der Waals surface area contributed by atoms with Crippen LogP contribution in [0.1, 0.15) is 39.5 Å². The summed E-state index contributed by atoms with van der Waals surface area (Å²) < 4.78 is 28.5. The third-order valence-electron chi connectivity index (χ3n) is 3.56. The highest BCUT2D eigenvalue weighted by molar-refractivity contribution is 7.87. The molecule has 0 aromatic carbocycles. The second kappa shape index (κ2) is 8.32. The Hall–Kier alpha value is 0.120. The van der Waals surface area contributed by atoms with E-state index in [1.807, 2.05) is 13.8 Å². The van der Waals surface area contributed by atoms with Crippen LogP contribution in [0.15, 0.2) is 0 Å². The van der Waals surface area contributed by atoms with Crippen LogP contribution >= 0.6 is 12.4 Å². The Bertz CT molecular complexity index is 320. The maximum atomic E-state index is 12.1. The van der Waals surface area contributed by atoms with Gasteiger partial charge in [-0.05, 0) is 25.3 Å². The molecular formula is C11H26ClN3O2S. The van der Waals surface area contributed by atoms with Crippen LogP contribution in [0.4, 0.5) is 0 Å². The molecular weight excluding hydrogens is 274 g/mol.